The first-order valence-corrected chi connectivity index (χ1v) is 7.19. The van der Waals surface area contributed by atoms with Gasteiger partial charge in [-0.1, -0.05) is 18.2 Å². The molecule has 0 spiro atoms. The number of alkyl halides is 3. The Morgan fingerprint density at radius 2 is 2.00 bits per heavy atom. The molecule has 1 aromatic rings. The van der Waals surface area contributed by atoms with Crippen molar-refractivity contribution in [3.8, 4) is 0 Å². The molecule has 0 aromatic heterocycles. The number of fused-ring (bicyclic) bond motifs is 3. The number of ether oxygens (including phenoxy) is 1. The predicted molar refractivity (Wildman–Crippen MR) is 73.0 cm³/mol. The lowest BCUT2D eigenvalue weighted by Crippen LogP contribution is -2.41. The second kappa shape index (κ2) is 5.89. The zero-order chi connectivity index (χ0) is 15.7. The first-order chi connectivity index (χ1) is 10.4. The minimum atomic E-state index is -4.37. The molecule has 2 bridgehead atoms. The maximum Gasteiger partial charge on any atom is 0.416 e. The second-order valence-electron chi connectivity index (χ2n) is 5.79. The number of hydrogen-bond donors (Lipinski definition) is 1. The Morgan fingerprint density at radius 1 is 1.23 bits per heavy atom. The van der Waals surface area contributed by atoms with Gasteiger partial charge in [0.1, 0.15) is 0 Å². The van der Waals surface area contributed by atoms with Gasteiger partial charge >= 0.3 is 6.18 Å². The Kier molecular flexibility index (Phi) is 4.10. The number of amides is 1. The van der Waals surface area contributed by atoms with E-state index in [4.69, 9.17) is 4.74 Å². The van der Waals surface area contributed by atoms with Crippen LogP contribution in [0.15, 0.2) is 24.3 Å². The lowest BCUT2D eigenvalue weighted by Gasteiger charge is -2.28. The molecule has 2 atom stereocenters. The molecular formula is C15H17F3N2O2. The highest BCUT2D eigenvalue weighted by Gasteiger charge is 2.36. The molecule has 0 aliphatic carbocycles. The summed E-state index contributed by atoms with van der Waals surface area (Å²) in [6.45, 7) is 1.81. The molecule has 0 radical (unpaired) electrons. The van der Waals surface area contributed by atoms with Gasteiger partial charge in [0, 0.05) is 19.6 Å². The summed E-state index contributed by atoms with van der Waals surface area (Å²) in [5.74, 6) is -0.403. The van der Waals surface area contributed by atoms with Crippen LogP contribution in [0, 0.1) is 5.92 Å². The van der Waals surface area contributed by atoms with Crippen LogP contribution < -0.4 is 5.32 Å². The minimum Gasteiger partial charge on any atom is -0.378 e. The smallest absolute Gasteiger partial charge is 0.378 e. The molecule has 2 saturated heterocycles. The molecule has 0 unspecified atom stereocenters. The van der Waals surface area contributed by atoms with Crippen LogP contribution in [-0.2, 0) is 22.3 Å². The summed E-state index contributed by atoms with van der Waals surface area (Å²) in [4.78, 5) is 13.8. The topological polar surface area (TPSA) is 41.6 Å². The fourth-order valence-electron chi connectivity index (χ4n) is 3.03. The summed E-state index contributed by atoms with van der Waals surface area (Å²) in [5, 5.41) is 2.87. The van der Waals surface area contributed by atoms with Crippen molar-refractivity contribution in [2.75, 3.05) is 26.3 Å². The molecule has 3 rings (SSSR count). The number of benzene rings is 1. The maximum atomic E-state index is 13.1. The van der Waals surface area contributed by atoms with Crippen LogP contribution in [0.2, 0.25) is 0 Å². The zero-order valence-electron chi connectivity index (χ0n) is 11.9. The third-order valence-electron chi connectivity index (χ3n) is 4.03. The zero-order valence-corrected chi connectivity index (χ0v) is 11.9. The Labute approximate surface area is 126 Å². The number of hydrogen-bond acceptors (Lipinski definition) is 3. The normalized spacial score (nSPS) is 26.4. The second-order valence-corrected chi connectivity index (χ2v) is 5.79. The fourth-order valence-corrected chi connectivity index (χ4v) is 3.03. The number of carbonyl (C=O) groups is 1. The van der Waals surface area contributed by atoms with E-state index >= 15 is 0 Å². The van der Waals surface area contributed by atoms with Crippen LogP contribution >= 0.6 is 0 Å². The molecule has 2 aliphatic heterocycles. The SMILES string of the molecule is O=C1N[C@@H]2COC[C@H]1CN(Cc1ccccc1C(F)(F)F)C2. The highest BCUT2D eigenvalue weighted by Crippen LogP contribution is 2.32. The van der Waals surface area contributed by atoms with E-state index in [1.54, 1.807) is 6.07 Å². The number of carbonyl (C=O) groups excluding carboxylic acids is 1. The Hall–Kier alpha value is -1.60. The first-order valence-electron chi connectivity index (χ1n) is 7.19. The number of rotatable bonds is 2. The average Bonchev–Trinajstić information content (AvgIpc) is 2.67. The molecule has 2 aliphatic rings. The molecule has 1 aromatic carbocycles. The van der Waals surface area contributed by atoms with E-state index in [0.717, 1.165) is 6.07 Å². The maximum absolute atomic E-state index is 13.1. The first kappa shape index (κ1) is 15.3. The lowest BCUT2D eigenvalue weighted by atomic mass is 10.0. The number of nitrogens with one attached hydrogen (secondary N) is 1. The Morgan fingerprint density at radius 3 is 2.77 bits per heavy atom. The molecule has 1 N–H and O–H groups in total. The Bertz CT molecular complexity index is 562. The Balaban J connectivity index is 1.81. The lowest BCUT2D eigenvalue weighted by molar-refractivity contribution is -0.138. The van der Waals surface area contributed by atoms with Crippen LogP contribution in [-0.4, -0.2) is 43.2 Å². The summed E-state index contributed by atoms with van der Waals surface area (Å²) in [5.41, 5.74) is -0.372. The third kappa shape index (κ3) is 3.25. The molecule has 7 heteroatoms. The van der Waals surface area contributed by atoms with Gasteiger partial charge in [-0.05, 0) is 11.6 Å². The van der Waals surface area contributed by atoms with E-state index in [2.05, 4.69) is 5.32 Å². The molecule has 120 valence electrons. The highest BCUT2D eigenvalue weighted by atomic mass is 19.4. The van der Waals surface area contributed by atoms with Crippen molar-refractivity contribution in [3.63, 3.8) is 0 Å². The molecule has 2 fully saturated rings. The standard InChI is InChI=1S/C15H17F3N2O2/c16-15(17,18)13-4-2-1-3-10(13)5-20-6-11-8-22-9-12(7-20)19-14(11)21/h1-4,11-12H,5-9H2,(H,19,21)/t11-,12+/m1/s1. The van der Waals surface area contributed by atoms with Crippen LogP contribution in [0.4, 0.5) is 13.2 Å². The van der Waals surface area contributed by atoms with Crippen LogP contribution in [0.1, 0.15) is 11.1 Å². The van der Waals surface area contributed by atoms with Gasteiger partial charge in [0.25, 0.3) is 0 Å². The van der Waals surface area contributed by atoms with Gasteiger partial charge in [-0.15, -0.1) is 0 Å². The molecule has 0 saturated carbocycles. The van der Waals surface area contributed by atoms with Gasteiger partial charge in [0.15, 0.2) is 0 Å². The van der Waals surface area contributed by atoms with E-state index in [9.17, 15) is 18.0 Å². The average molecular weight is 314 g/mol. The van der Waals surface area contributed by atoms with Crippen molar-refractivity contribution in [2.45, 2.75) is 18.8 Å². The summed E-state index contributed by atoms with van der Waals surface area (Å²) in [6.07, 6.45) is -4.37. The van der Waals surface area contributed by atoms with Crippen molar-refractivity contribution in [1.29, 1.82) is 0 Å². The largest absolute Gasteiger partial charge is 0.416 e. The minimum absolute atomic E-state index is 0.0749. The van der Waals surface area contributed by atoms with E-state index in [1.165, 1.54) is 12.1 Å². The molecule has 22 heavy (non-hydrogen) atoms. The van der Waals surface area contributed by atoms with Crippen molar-refractivity contribution >= 4 is 5.91 Å². The van der Waals surface area contributed by atoms with Crippen molar-refractivity contribution in [1.82, 2.24) is 10.2 Å². The van der Waals surface area contributed by atoms with Crippen LogP contribution in [0.5, 0.6) is 0 Å². The summed E-state index contributed by atoms with van der Waals surface area (Å²) >= 11 is 0. The molecule has 2 heterocycles. The van der Waals surface area contributed by atoms with Gasteiger partial charge in [-0.3, -0.25) is 9.69 Å². The van der Waals surface area contributed by atoms with Gasteiger partial charge < -0.3 is 10.1 Å². The van der Waals surface area contributed by atoms with Crippen LogP contribution in [0.25, 0.3) is 0 Å². The van der Waals surface area contributed by atoms with E-state index < -0.39 is 11.7 Å². The third-order valence-corrected chi connectivity index (χ3v) is 4.03. The number of halogens is 3. The predicted octanol–water partition coefficient (Wildman–Crippen LogP) is 1.65. The van der Waals surface area contributed by atoms with Crippen LogP contribution in [0.3, 0.4) is 0 Å². The number of nitrogens with zero attached hydrogens (tertiary/aromatic N) is 1. The van der Waals surface area contributed by atoms with Crippen molar-refractivity contribution in [3.05, 3.63) is 35.4 Å². The summed E-state index contributed by atoms with van der Waals surface area (Å²) in [7, 11) is 0. The molecular weight excluding hydrogens is 297 g/mol. The monoisotopic (exact) mass is 314 g/mol. The van der Waals surface area contributed by atoms with Gasteiger partial charge in [-0.25, -0.2) is 0 Å². The van der Waals surface area contributed by atoms with Crippen molar-refractivity contribution < 1.29 is 22.7 Å². The van der Waals surface area contributed by atoms with Crippen molar-refractivity contribution in [2.24, 2.45) is 5.92 Å². The summed E-state index contributed by atoms with van der Waals surface area (Å²) in [6, 6.07) is 5.42. The summed E-state index contributed by atoms with van der Waals surface area (Å²) < 4.78 is 44.6. The van der Waals surface area contributed by atoms with E-state index in [1.807, 2.05) is 4.90 Å². The van der Waals surface area contributed by atoms with E-state index in [-0.39, 0.29) is 30.0 Å². The molecule has 1 amide bonds. The fraction of sp³-hybridized carbons (Fsp3) is 0.533. The quantitative estimate of drug-likeness (QED) is 0.902. The molecule has 4 nitrogen and oxygen atoms in total. The van der Waals surface area contributed by atoms with Gasteiger partial charge in [-0.2, -0.15) is 13.2 Å². The van der Waals surface area contributed by atoms with Gasteiger partial charge in [0.05, 0.1) is 30.7 Å². The van der Waals surface area contributed by atoms with Gasteiger partial charge in [0.2, 0.25) is 5.91 Å². The van der Waals surface area contributed by atoms with E-state index in [0.29, 0.717) is 26.3 Å². The highest BCUT2D eigenvalue weighted by molar-refractivity contribution is 5.79.